The minimum atomic E-state index is -1.23. The number of nitrogens with one attached hydrogen (secondary N) is 2. The Morgan fingerprint density at radius 3 is 2.28 bits per heavy atom. The fourth-order valence-corrected chi connectivity index (χ4v) is 3.65. The molecule has 4 aromatic rings. The van der Waals surface area contributed by atoms with Crippen LogP contribution in [0.5, 0.6) is 0 Å². The van der Waals surface area contributed by atoms with Crippen molar-refractivity contribution in [1.29, 1.82) is 0 Å². The number of aryl methyl sites for hydroxylation is 1. The van der Waals surface area contributed by atoms with Gasteiger partial charge < -0.3 is 19.5 Å². The zero-order valence-corrected chi connectivity index (χ0v) is 19.4. The van der Waals surface area contributed by atoms with Crippen LogP contribution >= 0.6 is 0 Å². The molecule has 0 saturated heterocycles. The highest BCUT2D eigenvalue weighted by Crippen LogP contribution is 2.30. The number of carbonyl (C=O) groups is 3. The minimum Gasteiger partial charge on any atom is -0.467 e. The van der Waals surface area contributed by atoms with Gasteiger partial charge in [-0.05, 0) is 48.9 Å². The molecule has 2 heterocycles. The lowest BCUT2D eigenvalue weighted by molar-refractivity contribution is -0.126. The van der Waals surface area contributed by atoms with Crippen LogP contribution in [0.4, 0.5) is 10.1 Å². The van der Waals surface area contributed by atoms with E-state index in [0.717, 1.165) is 10.5 Å². The third kappa shape index (κ3) is 5.69. The summed E-state index contributed by atoms with van der Waals surface area (Å²) in [4.78, 5) is 40.4. The Labute approximate surface area is 206 Å². The predicted octanol–water partition coefficient (Wildman–Crippen LogP) is 4.14. The summed E-state index contributed by atoms with van der Waals surface area (Å²) >= 11 is 0. The Balaban J connectivity index is 1.68. The summed E-state index contributed by atoms with van der Waals surface area (Å²) in [7, 11) is 0. The average molecular weight is 490 g/mol. The molecule has 2 aromatic heterocycles. The molecule has 184 valence electrons. The van der Waals surface area contributed by atoms with E-state index < -0.39 is 36.1 Å². The third-order valence-corrected chi connectivity index (χ3v) is 5.44. The van der Waals surface area contributed by atoms with Gasteiger partial charge in [-0.25, -0.2) is 4.39 Å². The van der Waals surface area contributed by atoms with Crippen molar-refractivity contribution in [2.45, 2.75) is 19.5 Å². The Hall–Kier alpha value is -4.66. The number of rotatable bonds is 9. The van der Waals surface area contributed by atoms with Gasteiger partial charge in [-0.1, -0.05) is 42.0 Å². The molecule has 0 aliphatic carbocycles. The zero-order chi connectivity index (χ0) is 25.5. The maximum atomic E-state index is 15.0. The normalized spacial score (nSPS) is 11.5. The zero-order valence-electron chi connectivity index (χ0n) is 19.4. The lowest BCUT2D eigenvalue weighted by Gasteiger charge is -2.31. The van der Waals surface area contributed by atoms with Crippen LogP contribution in [-0.4, -0.2) is 24.3 Å². The molecule has 0 unspecified atom stereocenters. The van der Waals surface area contributed by atoms with Crippen LogP contribution in [0.1, 0.15) is 33.5 Å². The van der Waals surface area contributed by atoms with Crippen molar-refractivity contribution < 1.29 is 27.6 Å². The third-order valence-electron chi connectivity index (χ3n) is 5.44. The van der Waals surface area contributed by atoms with E-state index in [4.69, 9.17) is 8.83 Å². The quantitative estimate of drug-likeness (QED) is 0.368. The molecule has 1 atom stereocenters. The van der Waals surface area contributed by atoms with Crippen molar-refractivity contribution in [2.75, 3.05) is 11.4 Å². The fourth-order valence-electron chi connectivity index (χ4n) is 3.65. The summed E-state index contributed by atoms with van der Waals surface area (Å²) in [5.41, 5.74) is 1.31. The van der Waals surface area contributed by atoms with Gasteiger partial charge in [-0.3, -0.25) is 19.3 Å². The first-order chi connectivity index (χ1) is 17.4. The van der Waals surface area contributed by atoms with E-state index in [1.165, 1.54) is 36.8 Å². The molecule has 0 bridgehead atoms. The van der Waals surface area contributed by atoms with Crippen LogP contribution in [-0.2, 0) is 16.1 Å². The molecule has 0 aliphatic heterocycles. The molecule has 0 saturated carbocycles. The largest absolute Gasteiger partial charge is 0.467 e. The van der Waals surface area contributed by atoms with Gasteiger partial charge in [0.2, 0.25) is 11.8 Å². The van der Waals surface area contributed by atoms with Crippen LogP contribution in [0, 0.1) is 12.7 Å². The number of benzene rings is 2. The number of hydrogen-bond acceptors (Lipinski definition) is 5. The molecule has 0 fully saturated rings. The van der Waals surface area contributed by atoms with Crippen molar-refractivity contribution in [3.8, 4) is 0 Å². The number of halogens is 1. The lowest BCUT2D eigenvalue weighted by Crippen LogP contribution is -2.47. The minimum absolute atomic E-state index is 0.0199. The van der Waals surface area contributed by atoms with Crippen molar-refractivity contribution in [3.05, 3.63) is 114 Å². The first-order valence-corrected chi connectivity index (χ1v) is 11.2. The number of furan rings is 2. The van der Waals surface area contributed by atoms with Crippen molar-refractivity contribution in [2.24, 2.45) is 0 Å². The Bertz CT molecular complexity index is 1320. The molecular formula is C27H24FN3O5. The first kappa shape index (κ1) is 24.5. The second-order valence-electron chi connectivity index (χ2n) is 7.99. The number of amides is 3. The molecular weight excluding hydrogens is 465 g/mol. The van der Waals surface area contributed by atoms with Gasteiger partial charge in [0.1, 0.15) is 17.6 Å². The van der Waals surface area contributed by atoms with Gasteiger partial charge in [-0.2, -0.15) is 0 Å². The molecule has 2 N–H and O–H groups in total. The highest BCUT2D eigenvalue weighted by Gasteiger charge is 2.34. The molecule has 3 amide bonds. The highest BCUT2D eigenvalue weighted by molar-refractivity contribution is 6.04. The molecule has 8 nitrogen and oxygen atoms in total. The maximum Gasteiger partial charge on any atom is 0.287 e. The van der Waals surface area contributed by atoms with E-state index >= 15 is 0 Å². The summed E-state index contributed by atoms with van der Waals surface area (Å²) in [6.45, 7) is 1.46. The molecule has 2 aromatic carbocycles. The monoisotopic (exact) mass is 489 g/mol. The molecule has 0 aliphatic rings. The van der Waals surface area contributed by atoms with Crippen LogP contribution < -0.4 is 15.5 Å². The van der Waals surface area contributed by atoms with Gasteiger partial charge >= 0.3 is 0 Å². The average Bonchev–Trinajstić information content (AvgIpc) is 3.60. The lowest BCUT2D eigenvalue weighted by atomic mass is 10.0. The molecule has 0 radical (unpaired) electrons. The second kappa shape index (κ2) is 11.2. The number of nitrogens with zero attached hydrogens (tertiary/aromatic N) is 1. The van der Waals surface area contributed by atoms with Crippen LogP contribution in [0.15, 0.2) is 94.2 Å². The van der Waals surface area contributed by atoms with E-state index in [2.05, 4.69) is 10.6 Å². The van der Waals surface area contributed by atoms with Crippen LogP contribution in [0.3, 0.4) is 0 Å². The summed E-state index contributed by atoms with van der Waals surface area (Å²) in [5.74, 6) is -2.02. The Morgan fingerprint density at radius 1 is 0.889 bits per heavy atom. The number of anilines is 1. The topological polar surface area (TPSA) is 105 Å². The van der Waals surface area contributed by atoms with E-state index in [-0.39, 0.29) is 18.0 Å². The van der Waals surface area contributed by atoms with Gasteiger partial charge in [0.25, 0.3) is 5.91 Å². The summed E-state index contributed by atoms with van der Waals surface area (Å²) < 4.78 is 25.3. The standard InChI is InChI=1S/C27H24FN3O5/c1-18-10-12-19(13-11-18)25(27(34)29-16-20-6-4-14-35-20)31(22-8-3-2-7-21(22)28)24(32)17-30-26(33)23-9-5-15-36-23/h2-15,25H,16-17H2,1H3,(H,29,34)(H,30,33)/t25-/m1/s1. The van der Waals surface area contributed by atoms with E-state index in [9.17, 15) is 18.8 Å². The summed E-state index contributed by atoms with van der Waals surface area (Å²) in [5, 5.41) is 5.23. The number of carbonyl (C=O) groups excluding carboxylic acids is 3. The van der Waals surface area contributed by atoms with Crippen molar-refractivity contribution >= 4 is 23.4 Å². The van der Waals surface area contributed by atoms with Crippen molar-refractivity contribution in [1.82, 2.24) is 10.6 Å². The van der Waals surface area contributed by atoms with Gasteiger partial charge in [-0.15, -0.1) is 0 Å². The first-order valence-electron chi connectivity index (χ1n) is 11.2. The molecule has 4 rings (SSSR count). The SMILES string of the molecule is Cc1ccc([C@H](C(=O)NCc2ccco2)N(C(=O)CNC(=O)c2ccco2)c2ccccc2F)cc1. The number of hydrogen-bond donors (Lipinski definition) is 2. The molecule has 36 heavy (non-hydrogen) atoms. The molecule has 0 spiro atoms. The Morgan fingerprint density at radius 2 is 1.61 bits per heavy atom. The summed E-state index contributed by atoms with van der Waals surface area (Å²) in [6, 6.07) is 17.8. The predicted molar refractivity (Wildman–Crippen MR) is 129 cm³/mol. The van der Waals surface area contributed by atoms with E-state index in [0.29, 0.717) is 11.3 Å². The second-order valence-corrected chi connectivity index (χ2v) is 7.99. The highest BCUT2D eigenvalue weighted by atomic mass is 19.1. The number of para-hydroxylation sites is 1. The van der Waals surface area contributed by atoms with Crippen molar-refractivity contribution in [3.63, 3.8) is 0 Å². The smallest absolute Gasteiger partial charge is 0.287 e. The van der Waals surface area contributed by atoms with Gasteiger partial charge in [0.15, 0.2) is 5.76 Å². The van der Waals surface area contributed by atoms with E-state index in [1.54, 1.807) is 48.5 Å². The van der Waals surface area contributed by atoms with Gasteiger partial charge in [0.05, 0.1) is 31.3 Å². The van der Waals surface area contributed by atoms with Crippen LogP contribution in [0.25, 0.3) is 0 Å². The van der Waals surface area contributed by atoms with Crippen LogP contribution in [0.2, 0.25) is 0 Å². The fraction of sp³-hybridized carbons (Fsp3) is 0.148. The van der Waals surface area contributed by atoms with E-state index in [1.807, 2.05) is 6.92 Å². The van der Waals surface area contributed by atoms with Gasteiger partial charge in [0, 0.05) is 0 Å². The Kier molecular flexibility index (Phi) is 7.60. The summed E-state index contributed by atoms with van der Waals surface area (Å²) in [6.07, 6.45) is 2.81. The molecule has 9 heteroatoms. The maximum absolute atomic E-state index is 15.0.